The first-order valence-electron chi connectivity index (χ1n) is 20.8. The summed E-state index contributed by atoms with van der Waals surface area (Å²) in [6.07, 6.45) is 12.5. The molecule has 4 aromatic heterocycles. The van der Waals surface area contributed by atoms with Crippen molar-refractivity contribution in [2.24, 2.45) is 0 Å². The number of furan rings is 1. The molecule has 4 nitrogen and oxygen atoms in total. The van der Waals surface area contributed by atoms with Crippen LogP contribution < -0.4 is 0 Å². The second kappa shape index (κ2) is 12.1. The van der Waals surface area contributed by atoms with Crippen molar-refractivity contribution < 1.29 is 4.42 Å². The first kappa shape index (κ1) is 32.8. The molecule has 280 valence electrons. The van der Waals surface area contributed by atoms with Gasteiger partial charge in [0, 0.05) is 66.2 Å². The van der Waals surface area contributed by atoms with E-state index in [9.17, 15) is 0 Å². The van der Waals surface area contributed by atoms with Crippen molar-refractivity contribution in [2.45, 2.75) is 31.6 Å². The van der Waals surface area contributed by atoms with Crippen LogP contribution in [-0.4, -0.2) is 13.7 Å². The van der Waals surface area contributed by atoms with Gasteiger partial charge in [-0.1, -0.05) is 97.9 Å². The topological polar surface area (TPSA) is 27.9 Å². The highest BCUT2D eigenvalue weighted by molar-refractivity contribution is 6.11. The molecule has 0 radical (unpaired) electrons. The van der Waals surface area contributed by atoms with Gasteiger partial charge in [-0.2, -0.15) is 0 Å². The molecule has 13 rings (SSSR count). The maximum Gasteiger partial charge on any atom is 0.135 e. The lowest BCUT2D eigenvalue weighted by Crippen LogP contribution is -2.25. The lowest BCUT2D eigenvalue weighted by Gasteiger charge is -2.30. The number of hydrogen-bond acceptors (Lipinski definition) is 1. The Kier molecular flexibility index (Phi) is 6.72. The highest BCUT2D eigenvalue weighted by Gasteiger charge is 2.32. The second-order valence-electron chi connectivity index (χ2n) is 16.7. The molecule has 0 bridgehead atoms. The van der Waals surface area contributed by atoms with E-state index in [1.165, 1.54) is 83.1 Å². The van der Waals surface area contributed by atoms with Crippen LogP contribution in [0.4, 0.5) is 0 Å². The summed E-state index contributed by atoms with van der Waals surface area (Å²) in [7, 11) is 0. The van der Waals surface area contributed by atoms with Crippen LogP contribution in [0.2, 0.25) is 0 Å². The normalized spacial score (nSPS) is 16.3. The molecule has 11 aromatic rings. The van der Waals surface area contributed by atoms with E-state index in [0.717, 1.165) is 46.9 Å². The predicted octanol–water partition coefficient (Wildman–Crippen LogP) is 14.1. The molecule has 4 heteroatoms. The molecule has 7 aromatic carbocycles. The number of para-hydroxylation sites is 4. The number of rotatable bonds is 4. The van der Waals surface area contributed by atoms with Crippen molar-refractivity contribution in [3.63, 3.8) is 0 Å². The molecule has 0 saturated carbocycles. The number of aromatic nitrogens is 3. The average molecular weight is 758 g/mol. The molecule has 1 atom stereocenters. The third kappa shape index (κ3) is 4.66. The minimum Gasteiger partial charge on any atom is -0.456 e. The monoisotopic (exact) mass is 757 g/mol. The number of allylic oxidation sites excluding steroid dienone is 2. The Morgan fingerprint density at radius 2 is 1.03 bits per heavy atom. The molecular weight excluding hydrogens is 719 g/mol. The van der Waals surface area contributed by atoms with Crippen LogP contribution in [0.15, 0.2) is 174 Å². The smallest absolute Gasteiger partial charge is 0.135 e. The Hall–Kier alpha value is -7.30. The third-order valence-electron chi connectivity index (χ3n) is 13.3. The van der Waals surface area contributed by atoms with Crippen LogP contribution in [0.5, 0.6) is 0 Å². The molecule has 0 saturated heterocycles. The predicted molar refractivity (Wildman–Crippen MR) is 246 cm³/mol. The van der Waals surface area contributed by atoms with Gasteiger partial charge in [-0.05, 0) is 127 Å². The maximum atomic E-state index is 6.54. The summed E-state index contributed by atoms with van der Waals surface area (Å²) in [5.74, 6) is 0. The van der Waals surface area contributed by atoms with Gasteiger partial charge in [0.2, 0.25) is 0 Å². The fourth-order valence-corrected chi connectivity index (χ4v) is 10.5. The first-order chi connectivity index (χ1) is 29.1. The lowest BCUT2D eigenvalue weighted by atomic mass is 9.73. The molecule has 59 heavy (non-hydrogen) atoms. The van der Waals surface area contributed by atoms with Crippen molar-refractivity contribution in [1.29, 1.82) is 0 Å². The molecule has 4 heterocycles. The first-order valence-corrected chi connectivity index (χ1v) is 20.8. The Labute approximate surface area is 341 Å². The number of fused-ring (bicyclic) bond motifs is 12. The van der Waals surface area contributed by atoms with E-state index in [0.29, 0.717) is 0 Å². The van der Waals surface area contributed by atoms with Crippen molar-refractivity contribution in [2.75, 3.05) is 0 Å². The third-order valence-corrected chi connectivity index (χ3v) is 13.3. The van der Waals surface area contributed by atoms with Crippen LogP contribution in [0, 0.1) is 0 Å². The highest BCUT2D eigenvalue weighted by atomic mass is 16.3. The van der Waals surface area contributed by atoms with Crippen molar-refractivity contribution >= 4 is 77.7 Å². The van der Waals surface area contributed by atoms with Gasteiger partial charge in [-0.15, -0.1) is 0 Å². The van der Waals surface area contributed by atoms with Crippen LogP contribution in [0.3, 0.4) is 0 Å². The summed E-state index contributed by atoms with van der Waals surface area (Å²) in [5.41, 5.74) is 16.7. The van der Waals surface area contributed by atoms with Gasteiger partial charge in [0.25, 0.3) is 0 Å². The standard InChI is InChI=1S/C55H39N3O/c1-55(30-29-52-46(34-55)42-18-8-12-22-50(42)56(52)36-13-3-2-4-14-36)35-23-27-53-44(31-35)45-33-38(25-28-54(45)59-53)58-49-21-11-7-17-41(49)43-32-37(24-26-51(43)58)57-47-19-9-5-15-39(47)40-16-6-10-20-48(40)57/h2-5,7-15,17-33H,6,16,34H2,1H3. The summed E-state index contributed by atoms with van der Waals surface area (Å²) >= 11 is 0. The summed E-state index contributed by atoms with van der Waals surface area (Å²) in [4.78, 5) is 0. The van der Waals surface area contributed by atoms with E-state index in [-0.39, 0.29) is 5.41 Å². The molecule has 2 aliphatic carbocycles. The number of hydrogen-bond donors (Lipinski definition) is 0. The van der Waals surface area contributed by atoms with E-state index in [1.807, 2.05) is 0 Å². The van der Waals surface area contributed by atoms with Crippen LogP contribution in [0.1, 0.15) is 41.4 Å². The van der Waals surface area contributed by atoms with Crippen molar-refractivity contribution in [1.82, 2.24) is 13.7 Å². The van der Waals surface area contributed by atoms with Gasteiger partial charge in [-0.25, -0.2) is 0 Å². The van der Waals surface area contributed by atoms with Gasteiger partial charge >= 0.3 is 0 Å². The Bertz CT molecular complexity index is 3600. The SMILES string of the molecule is CC1(c2ccc3oc4ccc(-n5c6ccccc6c6cc(-n7c8c(c9ccccc97)CCC=C8)ccc65)cc4c3c2)C=Cc2c(c3ccccc3n2-c2ccccc2)C1. The molecule has 0 spiro atoms. The van der Waals surface area contributed by atoms with Crippen LogP contribution >= 0.6 is 0 Å². The number of nitrogens with zero attached hydrogens (tertiary/aromatic N) is 3. The summed E-state index contributed by atoms with van der Waals surface area (Å²) in [6.45, 7) is 2.38. The second-order valence-corrected chi connectivity index (χ2v) is 16.7. The minimum atomic E-state index is -0.196. The fraction of sp³-hybridized carbons (Fsp3) is 0.0909. The zero-order valence-corrected chi connectivity index (χ0v) is 32.7. The van der Waals surface area contributed by atoms with Gasteiger partial charge in [0.1, 0.15) is 11.2 Å². The quantitative estimate of drug-likeness (QED) is 0.176. The Morgan fingerprint density at radius 1 is 0.458 bits per heavy atom. The van der Waals surface area contributed by atoms with Crippen molar-refractivity contribution in [3.8, 4) is 17.1 Å². The fourth-order valence-electron chi connectivity index (χ4n) is 10.5. The molecule has 0 N–H and O–H groups in total. The minimum absolute atomic E-state index is 0.196. The molecule has 1 unspecified atom stereocenters. The zero-order valence-electron chi connectivity index (χ0n) is 32.7. The van der Waals surface area contributed by atoms with E-state index in [4.69, 9.17) is 4.42 Å². The van der Waals surface area contributed by atoms with Gasteiger partial charge in [-0.3, -0.25) is 0 Å². The van der Waals surface area contributed by atoms with Crippen LogP contribution in [-0.2, 0) is 18.3 Å². The zero-order chi connectivity index (χ0) is 38.8. The Morgan fingerprint density at radius 3 is 1.83 bits per heavy atom. The summed E-state index contributed by atoms with van der Waals surface area (Å²) in [5, 5.41) is 7.43. The Balaban J connectivity index is 0.943. The average Bonchev–Trinajstić information content (AvgIpc) is 4.02. The molecule has 0 amide bonds. The number of benzene rings is 7. The van der Waals surface area contributed by atoms with Crippen molar-refractivity contribution in [3.05, 3.63) is 198 Å². The largest absolute Gasteiger partial charge is 0.456 e. The van der Waals surface area contributed by atoms with E-state index in [1.54, 1.807) is 0 Å². The maximum absolute atomic E-state index is 6.54. The molecule has 0 aliphatic heterocycles. The van der Waals surface area contributed by atoms with Gasteiger partial charge in [0.05, 0.1) is 22.1 Å². The van der Waals surface area contributed by atoms with E-state index < -0.39 is 0 Å². The van der Waals surface area contributed by atoms with E-state index >= 15 is 0 Å². The van der Waals surface area contributed by atoms with Gasteiger partial charge in [0.15, 0.2) is 0 Å². The molecule has 2 aliphatic rings. The lowest BCUT2D eigenvalue weighted by molar-refractivity contribution is 0.588. The molecule has 0 fully saturated rings. The summed E-state index contributed by atoms with van der Waals surface area (Å²) in [6, 6.07) is 57.8. The van der Waals surface area contributed by atoms with E-state index in [2.05, 4.69) is 203 Å². The summed E-state index contributed by atoms with van der Waals surface area (Å²) < 4.78 is 13.8. The molecular formula is C55H39N3O. The highest BCUT2D eigenvalue weighted by Crippen LogP contribution is 2.44. The number of aryl methyl sites for hydroxylation is 1. The van der Waals surface area contributed by atoms with Gasteiger partial charge < -0.3 is 18.1 Å². The van der Waals surface area contributed by atoms with Crippen LogP contribution in [0.25, 0.3) is 94.8 Å².